The van der Waals surface area contributed by atoms with E-state index in [9.17, 15) is 0 Å². The predicted octanol–water partition coefficient (Wildman–Crippen LogP) is 13.5. The molecule has 0 radical (unpaired) electrons. The molecule has 0 spiro atoms. The fourth-order valence-corrected chi connectivity index (χ4v) is 7.31. The van der Waals surface area contributed by atoms with Crippen LogP contribution in [0.1, 0.15) is 0 Å². The van der Waals surface area contributed by atoms with Crippen molar-refractivity contribution < 1.29 is 4.42 Å². The molecule has 3 nitrogen and oxygen atoms in total. The van der Waals surface area contributed by atoms with E-state index in [4.69, 9.17) is 14.4 Å². The van der Waals surface area contributed by atoms with Crippen LogP contribution in [0.2, 0.25) is 0 Å². The summed E-state index contributed by atoms with van der Waals surface area (Å²) >= 11 is 0. The SMILES string of the molecule is c1ccc(-c2ccc(-c3cc(-c4cc(-c5ccccc5)cc(-c5ccc6c(c5)oc5ccccc56)c4)nc(-c4ccc5ccccc5c4)n3)cc2)cc1. The Bertz CT molecular complexity index is 2930. The summed E-state index contributed by atoms with van der Waals surface area (Å²) in [7, 11) is 0. The van der Waals surface area contributed by atoms with Crippen molar-refractivity contribution in [1.29, 1.82) is 0 Å². The van der Waals surface area contributed by atoms with Gasteiger partial charge in [0.05, 0.1) is 11.4 Å². The van der Waals surface area contributed by atoms with E-state index in [1.807, 2.05) is 18.2 Å². The third-order valence-corrected chi connectivity index (χ3v) is 10.1. The largest absolute Gasteiger partial charge is 0.456 e. The van der Waals surface area contributed by atoms with E-state index in [0.29, 0.717) is 5.82 Å². The minimum Gasteiger partial charge on any atom is -0.456 e. The zero-order valence-corrected chi connectivity index (χ0v) is 28.8. The molecule has 0 aliphatic carbocycles. The van der Waals surface area contributed by atoms with E-state index >= 15 is 0 Å². The Kier molecular flexibility index (Phi) is 7.47. The van der Waals surface area contributed by atoms with Gasteiger partial charge in [0, 0.05) is 27.5 Å². The zero-order valence-electron chi connectivity index (χ0n) is 28.8. The summed E-state index contributed by atoms with van der Waals surface area (Å²) in [5, 5.41) is 4.58. The molecule has 0 N–H and O–H groups in total. The molecule has 10 aromatic rings. The first kappa shape index (κ1) is 30.7. The van der Waals surface area contributed by atoms with E-state index in [2.05, 4.69) is 176 Å². The van der Waals surface area contributed by atoms with Crippen molar-refractivity contribution in [2.45, 2.75) is 0 Å². The minimum atomic E-state index is 0.686. The molecule has 53 heavy (non-hydrogen) atoms. The second kappa shape index (κ2) is 12.9. The number of benzene rings is 8. The summed E-state index contributed by atoms with van der Waals surface area (Å²) in [5.41, 5.74) is 13.3. The van der Waals surface area contributed by atoms with Gasteiger partial charge in [0.15, 0.2) is 5.82 Å². The van der Waals surface area contributed by atoms with E-state index < -0.39 is 0 Å². The molecule has 0 saturated carbocycles. The molecule has 0 unspecified atom stereocenters. The highest BCUT2D eigenvalue weighted by atomic mass is 16.3. The van der Waals surface area contributed by atoms with E-state index in [-0.39, 0.29) is 0 Å². The maximum atomic E-state index is 6.32. The van der Waals surface area contributed by atoms with Crippen LogP contribution in [0.25, 0.3) is 100.0 Å². The van der Waals surface area contributed by atoms with Crippen molar-refractivity contribution in [3.63, 3.8) is 0 Å². The molecule has 2 heterocycles. The first-order valence-corrected chi connectivity index (χ1v) is 17.9. The molecule has 0 aliphatic heterocycles. The highest BCUT2D eigenvalue weighted by molar-refractivity contribution is 6.06. The number of furan rings is 1. The van der Waals surface area contributed by atoms with Gasteiger partial charge < -0.3 is 4.42 Å². The lowest BCUT2D eigenvalue weighted by molar-refractivity contribution is 0.669. The molecule has 2 aromatic heterocycles. The third kappa shape index (κ3) is 5.85. The maximum Gasteiger partial charge on any atom is 0.160 e. The summed E-state index contributed by atoms with van der Waals surface area (Å²) in [6.45, 7) is 0. The lowest BCUT2D eigenvalue weighted by Crippen LogP contribution is -1.97. The van der Waals surface area contributed by atoms with Crippen LogP contribution in [0.4, 0.5) is 0 Å². The second-order valence-corrected chi connectivity index (χ2v) is 13.4. The van der Waals surface area contributed by atoms with Crippen molar-refractivity contribution in [3.8, 4) is 67.3 Å². The number of rotatable bonds is 6. The molecular formula is C50H32N2O. The van der Waals surface area contributed by atoms with E-state index in [0.717, 1.165) is 77.7 Å². The van der Waals surface area contributed by atoms with Gasteiger partial charge in [-0.2, -0.15) is 0 Å². The van der Waals surface area contributed by atoms with Crippen molar-refractivity contribution in [2.75, 3.05) is 0 Å². The van der Waals surface area contributed by atoms with Crippen LogP contribution >= 0.6 is 0 Å². The number of hydrogen-bond acceptors (Lipinski definition) is 3. The van der Waals surface area contributed by atoms with Crippen LogP contribution in [0.3, 0.4) is 0 Å². The molecule has 10 rings (SSSR count). The fourth-order valence-electron chi connectivity index (χ4n) is 7.31. The molecule has 3 heteroatoms. The Morgan fingerprint density at radius 3 is 1.58 bits per heavy atom. The first-order chi connectivity index (χ1) is 26.2. The second-order valence-electron chi connectivity index (χ2n) is 13.4. The molecule has 0 saturated heterocycles. The molecule has 0 fully saturated rings. The van der Waals surface area contributed by atoms with Crippen LogP contribution in [0, 0.1) is 0 Å². The highest BCUT2D eigenvalue weighted by Crippen LogP contribution is 2.37. The average Bonchev–Trinajstić information content (AvgIpc) is 3.62. The molecule has 0 atom stereocenters. The summed E-state index contributed by atoms with van der Waals surface area (Å²) in [4.78, 5) is 10.5. The Labute approximate surface area is 307 Å². The lowest BCUT2D eigenvalue weighted by atomic mass is 9.94. The quantitative estimate of drug-likeness (QED) is 0.176. The third-order valence-electron chi connectivity index (χ3n) is 10.1. The Morgan fingerprint density at radius 2 is 0.811 bits per heavy atom. The van der Waals surface area contributed by atoms with Crippen molar-refractivity contribution in [1.82, 2.24) is 9.97 Å². The van der Waals surface area contributed by atoms with Crippen LogP contribution in [0.15, 0.2) is 199 Å². The minimum absolute atomic E-state index is 0.686. The smallest absolute Gasteiger partial charge is 0.160 e. The van der Waals surface area contributed by atoms with Crippen LogP contribution < -0.4 is 0 Å². The van der Waals surface area contributed by atoms with Gasteiger partial charge in [-0.05, 0) is 92.7 Å². The average molecular weight is 677 g/mol. The van der Waals surface area contributed by atoms with Crippen molar-refractivity contribution >= 4 is 32.7 Å². The zero-order chi connectivity index (χ0) is 35.1. The lowest BCUT2D eigenvalue weighted by Gasteiger charge is -2.14. The van der Waals surface area contributed by atoms with E-state index in [1.54, 1.807) is 0 Å². The van der Waals surface area contributed by atoms with Gasteiger partial charge in [-0.15, -0.1) is 0 Å². The van der Waals surface area contributed by atoms with Gasteiger partial charge in [0.25, 0.3) is 0 Å². The molecular weight excluding hydrogens is 645 g/mol. The molecule has 248 valence electrons. The van der Waals surface area contributed by atoms with Gasteiger partial charge in [-0.3, -0.25) is 0 Å². The first-order valence-electron chi connectivity index (χ1n) is 17.9. The molecule has 0 aliphatic rings. The van der Waals surface area contributed by atoms with Gasteiger partial charge in [-0.25, -0.2) is 9.97 Å². The number of para-hydroxylation sites is 1. The highest BCUT2D eigenvalue weighted by Gasteiger charge is 2.15. The summed E-state index contributed by atoms with van der Waals surface area (Å²) < 4.78 is 6.32. The summed E-state index contributed by atoms with van der Waals surface area (Å²) in [5.74, 6) is 0.686. The normalized spacial score (nSPS) is 11.4. The molecule has 0 bridgehead atoms. The molecule has 8 aromatic carbocycles. The number of aromatic nitrogens is 2. The summed E-state index contributed by atoms with van der Waals surface area (Å²) in [6.07, 6.45) is 0. The molecule has 0 amide bonds. The van der Waals surface area contributed by atoms with Crippen molar-refractivity contribution in [2.24, 2.45) is 0 Å². The van der Waals surface area contributed by atoms with Gasteiger partial charge in [0.2, 0.25) is 0 Å². The predicted molar refractivity (Wildman–Crippen MR) is 219 cm³/mol. The van der Waals surface area contributed by atoms with Crippen LogP contribution in [-0.2, 0) is 0 Å². The number of nitrogens with zero attached hydrogens (tertiary/aromatic N) is 2. The number of hydrogen-bond donors (Lipinski definition) is 0. The van der Waals surface area contributed by atoms with Gasteiger partial charge in [0.1, 0.15) is 11.2 Å². The monoisotopic (exact) mass is 676 g/mol. The Hall–Kier alpha value is -7.10. The van der Waals surface area contributed by atoms with Gasteiger partial charge in [-0.1, -0.05) is 146 Å². The fraction of sp³-hybridized carbons (Fsp3) is 0. The number of fused-ring (bicyclic) bond motifs is 4. The van der Waals surface area contributed by atoms with Crippen LogP contribution in [-0.4, -0.2) is 9.97 Å². The standard InChI is InChI=1S/C50H32N2O/c1-3-11-33(12-4-1)36-19-22-37(23-20-36)46-32-47(52-50(51-46)40-24-21-35-15-7-8-16-38(35)27-40)43-29-41(34-13-5-2-6-14-34)28-42(30-43)39-25-26-45-44-17-9-10-18-48(44)53-49(45)31-39/h1-32H. The van der Waals surface area contributed by atoms with Crippen LogP contribution in [0.5, 0.6) is 0 Å². The van der Waals surface area contributed by atoms with E-state index in [1.165, 1.54) is 16.5 Å². The Balaban J connectivity index is 1.16. The topological polar surface area (TPSA) is 38.9 Å². The Morgan fingerprint density at radius 1 is 0.283 bits per heavy atom. The summed E-state index contributed by atoms with van der Waals surface area (Å²) in [6, 6.07) is 68.1. The van der Waals surface area contributed by atoms with Gasteiger partial charge >= 0.3 is 0 Å². The van der Waals surface area contributed by atoms with Crippen molar-refractivity contribution in [3.05, 3.63) is 194 Å². The maximum absolute atomic E-state index is 6.32.